The number of thiocarbonyl (C=S) groups is 1. The minimum absolute atomic E-state index is 0.444. The Balaban J connectivity index is 2.43. The van der Waals surface area contributed by atoms with Crippen LogP contribution in [0.3, 0.4) is 0 Å². The summed E-state index contributed by atoms with van der Waals surface area (Å²) in [5, 5.41) is 0. The fraction of sp³-hybridized carbons (Fsp3) is 0.500. The van der Waals surface area contributed by atoms with Crippen molar-refractivity contribution in [2.24, 2.45) is 11.7 Å². The summed E-state index contributed by atoms with van der Waals surface area (Å²) in [4.78, 5) is 2.82. The molecule has 0 amide bonds. The monoisotopic (exact) mass is 264 g/mol. The van der Waals surface area contributed by atoms with Crippen molar-refractivity contribution in [2.45, 2.75) is 26.3 Å². The molecule has 0 saturated carbocycles. The molecule has 1 aliphatic rings. The summed E-state index contributed by atoms with van der Waals surface area (Å²) in [5.41, 5.74) is 7.85. The predicted octanol–water partition coefficient (Wildman–Crippen LogP) is 2.56. The maximum Gasteiger partial charge on any atom is 0.120 e. The smallest absolute Gasteiger partial charge is 0.120 e. The van der Waals surface area contributed by atoms with Gasteiger partial charge in [-0.1, -0.05) is 19.1 Å². The van der Waals surface area contributed by atoms with E-state index in [1.54, 1.807) is 7.11 Å². The quantitative estimate of drug-likeness (QED) is 0.852. The summed E-state index contributed by atoms with van der Waals surface area (Å²) >= 11 is 5.14. The van der Waals surface area contributed by atoms with Crippen molar-refractivity contribution in [1.82, 2.24) is 0 Å². The van der Waals surface area contributed by atoms with E-state index in [2.05, 4.69) is 18.7 Å². The van der Waals surface area contributed by atoms with Crippen molar-refractivity contribution >= 4 is 22.9 Å². The van der Waals surface area contributed by atoms with Crippen molar-refractivity contribution in [3.8, 4) is 5.75 Å². The van der Waals surface area contributed by atoms with Crippen molar-refractivity contribution < 1.29 is 4.74 Å². The van der Waals surface area contributed by atoms with E-state index in [9.17, 15) is 0 Å². The molecule has 2 unspecified atom stereocenters. The van der Waals surface area contributed by atoms with Crippen LogP contribution in [-0.2, 0) is 0 Å². The van der Waals surface area contributed by atoms with Crippen LogP contribution in [0.1, 0.15) is 25.8 Å². The Bertz CT molecular complexity index is 461. The maximum atomic E-state index is 5.82. The normalized spacial score (nSPS) is 23.2. The highest BCUT2D eigenvalue weighted by Crippen LogP contribution is 2.33. The van der Waals surface area contributed by atoms with Crippen LogP contribution in [0, 0.1) is 5.92 Å². The van der Waals surface area contributed by atoms with E-state index < -0.39 is 0 Å². The number of anilines is 1. The van der Waals surface area contributed by atoms with E-state index >= 15 is 0 Å². The van der Waals surface area contributed by atoms with Gasteiger partial charge in [-0.25, -0.2) is 0 Å². The fourth-order valence-corrected chi connectivity index (χ4v) is 2.89. The van der Waals surface area contributed by atoms with Crippen molar-refractivity contribution in [1.29, 1.82) is 0 Å². The van der Waals surface area contributed by atoms with E-state index in [1.807, 2.05) is 18.2 Å². The number of methoxy groups -OCH3 is 1. The van der Waals surface area contributed by atoms with Crippen LogP contribution in [0.4, 0.5) is 5.69 Å². The van der Waals surface area contributed by atoms with Gasteiger partial charge in [-0.05, 0) is 31.4 Å². The van der Waals surface area contributed by atoms with Crippen LogP contribution in [0.5, 0.6) is 5.75 Å². The summed E-state index contributed by atoms with van der Waals surface area (Å²) in [6.07, 6.45) is 1.20. The summed E-state index contributed by atoms with van der Waals surface area (Å²) < 4.78 is 5.30. The number of rotatable bonds is 3. The molecule has 1 fully saturated rings. The highest BCUT2D eigenvalue weighted by molar-refractivity contribution is 7.80. The third-order valence-corrected chi connectivity index (χ3v) is 3.78. The molecule has 0 spiro atoms. The lowest BCUT2D eigenvalue weighted by Crippen LogP contribution is -2.29. The Hall–Kier alpha value is -1.29. The molecular weight excluding hydrogens is 244 g/mol. The molecule has 4 heteroatoms. The maximum absolute atomic E-state index is 5.82. The second-order valence-electron chi connectivity index (χ2n) is 5.09. The Labute approximate surface area is 114 Å². The minimum atomic E-state index is 0.444. The Morgan fingerprint density at radius 2 is 2.17 bits per heavy atom. The van der Waals surface area contributed by atoms with E-state index in [4.69, 9.17) is 22.7 Å². The molecule has 0 radical (unpaired) electrons. The van der Waals surface area contributed by atoms with Gasteiger partial charge in [0.25, 0.3) is 0 Å². The van der Waals surface area contributed by atoms with Gasteiger partial charge in [-0.15, -0.1) is 0 Å². The molecule has 0 bridgehead atoms. The van der Waals surface area contributed by atoms with Crippen LogP contribution in [0.15, 0.2) is 18.2 Å². The van der Waals surface area contributed by atoms with E-state index in [0.717, 1.165) is 23.5 Å². The first-order chi connectivity index (χ1) is 8.52. The minimum Gasteiger partial charge on any atom is -0.497 e. The average Bonchev–Trinajstić information content (AvgIpc) is 2.67. The Morgan fingerprint density at radius 1 is 1.44 bits per heavy atom. The Kier molecular flexibility index (Phi) is 3.76. The third-order valence-electron chi connectivity index (χ3n) is 3.56. The third kappa shape index (κ3) is 2.43. The highest BCUT2D eigenvalue weighted by Gasteiger charge is 2.28. The van der Waals surface area contributed by atoms with Crippen LogP contribution in [0.25, 0.3) is 0 Å². The largest absolute Gasteiger partial charge is 0.497 e. The number of ether oxygens (including phenoxy) is 1. The topological polar surface area (TPSA) is 38.5 Å². The van der Waals surface area contributed by atoms with Gasteiger partial charge in [0.05, 0.1) is 12.8 Å². The predicted molar refractivity (Wildman–Crippen MR) is 79.5 cm³/mol. The SMILES string of the molecule is COc1ccc(C(N)=S)c(N2CC(C)CC2C)c1. The molecule has 1 saturated heterocycles. The van der Waals surface area contributed by atoms with Crippen molar-refractivity contribution in [3.63, 3.8) is 0 Å². The van der Waals surface area contributed by atoms with Crippen molar-refractivity contribution in [3.05, 3.63) is 23.8 Å². The molecule has 1 heterocycles. The molecule has 1 aliphatic heterocycles. The first-order valence-corrected chi connectivity index (χ1v) is 6.68. The molecule has 18 heavy (non-hydrogen) atoms. The molecule has 2 atom stereocenters. The van der Waals surface area contributed by atoms with Crippen LogP contribution < -0.4 is 15.4 Å². The zero-order valence-electron chi connectivity index (χ0n) is 11.1. The van der Waals surface area contributed by atoms with Gasteiger partial charge in [0.1, 0.15) is 10.7 Å². The van der Waals surface area contributed by atoms with E-state index in [1.165, 1.54) is 6.42 Å². The molecule has 2 rings (SSSR count). The lowest BCUT2D eigenvalue weighted by Gasteiger charge is -2.26. The number of hydrogen-bond acceptors (Lipinski definition) is 3. The first kappa shape index (κ1) is 13.1. The van der Waals surface area contributed by atoms with Gasteiger partial charge in [0, 0.05) is 24.2 Å². The lowest BCUT2D eigenvalue weighted by molar-refractivity contribution is 0.414. The number of benzene rings is 1. The molecular formula is C14H20N2OS. The van der Waals surface area contributed by atoms with Gasteiger partial charge >= 0.3 is 0 Å². The molecule has 1 aromatic rings. The summed E-state index contributed by atoms with van der Waals surface area (Å²) in [5.74, 6) is 1.54. The van der Waals surface area contributed by atoms with E-state index in [0.29, 0.717) is 16.9 Å². The van der Waals surface area contributed by atoms with Crippen LogP contribution in [0.2, 0.25) is 0 Å². The number of nitrogens with zero attached hydrogens (tertiary/aromatic N) is 1. The number of nitrogens with two attached hydrogens (primary N) is 1. The first-order valence-electron chi connectivity index (χ1n) is 6.27. The van der Waals surface area contributed by atoms with Gasteiger partial charge in [0.2, 0.25) is 0 Å². The van der Waals surface area contributed by atoms with Crippen LogP contribution >= 0.6 is 12.2 Å². The van der Waals surface area contributed by atoms with Crippen LogP contribution in [-0.4, -0.2) is 24.7 Å². The molecule has 1 aromatic carbocycles. The van der Waals surface area contributed by atoms with Gasteiger partial charge in [-0.2, -0.15) is 0 Å². The van der Waals surface area contributed by atoms with Crippen molar-refractivity contribution in [2.75, 3.05) is 18.6 Å². The molecule has 0 aromatic heterocycles. The second kappa shape index (κ2) is 5.14. The van der Waals surface area contributed by atoms with E-state index in [-0.39, 0.29) is 0 Å². The van der Waals surface area contributed by atoms with Gasteiger partial charge in [0.15, 0.2) is 0 Å². The highest BCUT2D eigenvalue weighted by atomic mass is 32.1. The molecule has 98 valence electrons. The number of hydrogen-bond donors (Lipinski definition) is 1. The van der Waals surface area contributed by atoms with Gasteiger partial charge in [-0.3, -0.25) is 0 Å². The molecule has 2 N–H and O–H groups in total. The summed E-state index contributed by atoms with van der Waals surface area (Å²) in [7, 11) is 1.68. The molecule has 3 nitrogen and oxygen atoms in total. The fourth-order valence-electron chi connectivity index (χ4n) is 2.72. The Morgan fingerprint density at radius 3 is 2.67 bits per heavy atom. The molecule has 0 aliphatic carbocycles. The average molecular weight is 264 g/mol. The lowest BCUT2D eigenvalue weighted by atomic mass is 10.1. The van der Waals surface area contributed by atoms with Gasteiger partial charge < -0.3 is 15.4 Å². The zero-order valence-corrected chi connectivity index (χ0v) is 12.0. The second-order valence-corrected chi connectivity index (χ2v) is 5.53. The summed E-state index contributed by atoms with van der Waals surface area (Å²) in [6, 6.07) is 6.40. The zero-order chi connectivity index (χ0) is 13.3. The standard InChI is InChI=1S/C14H20N2OS/c1-9-6-10(2)16(8-9)13-7-11(17-3)4-5-12(13)14(15)18/h4-5,7,9-10H,6,8H2,1-3H3,(H2,15,18). The summed E-state index contributed by atoms with van der Waals surface area (Å²) in [6.45, 7) is 5.56.